The van der Waals surface area contributed by atoms with Gasteiger partial charge >= 0.3 is 0 Å². The van der Waals surface area contributed by atoms with E-state index in [1.807, 2.05) is 0 Å². The molecule has 6 nitrogen and oxygen atoms in total. The second-order valence-corrected chi connectivity index (χ2v) is 7.93. The van der Waals surface area contributed by atoms with Crippen LogP contribution >= 0.6 is 0 Å². The van der Waals surface area contributed by atoms with Crippen molar-refractivity contribution in [3.05, 3.63) is 84.2 Å². The van der Waals surface area contributed by atoms with E-state index in [2.05, 4.69) is 10.0 Å². The zero-order chi connectivity index (χ0) is 20.9. The monoisotopic (exact) mass is 414 g/mol. The molecule has 29 heavy (non-hydrogen) atoms. The minimum absolute atomic E-state index is 0.0791. The van der Waals surface area contributed by atoms with Gasteiger partial charge in [0.2, 0.25) is 0 Å². The van der Waals surface area contributed by atoms with Crippen molar-refractivity contribution in [1.82, 2.24) is 0 Å². The molecule has 0 saturated carbocycles. The van der Waals surface area contributed by atoms with Gasteiger partial charge in [0.05, 0.1) is 4.90 Å². The van der Waals surface area contributed by atoms with Crippen molar-refractivity contribution >= 4 is 27.3 Å². The number of ether oxygens (including phenoxy) is 1. The van der Waals surface area contributed by atoms with E-state index < -0.39 is 21.7 Å². The molecule has 0 saturated heterocycles. The quantitative estimate of drug-likeness (QED) is 0.613. The van der Waals surface area contributed by atoms with Crippen molar-refractivity contribution < 1.29 is 22.3 Å². The molecule has 0 unspecified atom stereocenters. The lowest BCUT2D eigenvalue weighted by atomic mass is 10.2. The Morgan fingerprint density at radius 1 is 0.966 bits per heavy atom. The molecule has 3 aromatic rings. The van der Waals surface area contributed by atoms with E-state index in [0.717, 1.165) is 0 Å². The lowest BCUT2D eigenvalue weighted by Crippen LogP contribution is -2.20. The third-order valence-corrected chi connectivity index (χ3v) is 5.33. The number of halogens is 1. The molecule has 0 radical (unpaired) electrons. The molecular weight excluding hydrogens is 395 g/mol. The van der Waals surface area contributed by atoms with Crippen LogP contribution in [0.2, 0.25) is 0 Å². The van der Waals surface area contributed by atoms with E-state index in [0.29, 0.717) is 22.7 Å². The SMILES string of the molecule is Cc1cc(S(=O)(=O)Nc2ccccc2)ccc1OCC(=O)Nc1cccc(F)c1. The van der Waals surface area contributed by atoms with Crippen LogP contribution in [0.3, 0.4) is 0 Å². The third kappa shape index (κ3) is 5.55. The fourth-order valence-electron chi connectivity index (χ4n) is 2.58. The number of carbonyl (C=O) groups excluding carboxylic acids is 1. The van der Waals surface area contributed by atoms with Gasteiger partial charge in [-0.15, -0.1) is 0 Å². The van der Waals surface area contributed by atoms with Crippen LogP contribution in [0.5, 0.6) is 5.75 Å². The predicted molar refractivity (Wildman–Crippen MR) is 109 cm³/mol. The number of hydrogen-bond acceptors (Lipinski definition) is 4. The first-order valence-electron chi connectivity index (χ1n) is 8.70. The fraction of sp³-hybridized carbons (Fsp3) is 0.0952. The van der Waals surface area contributed by atoms with Crippen molar-refractivity contribution in [3.8, 4) is 5.75 Å². The Morgan fingerprint density at radius 2 is 1.69 bits per heavy atom. The summed E-state index contributed by atoms with van der Waals surface area (Å²) < 4.78 is 46.2. The van der Waals surface area contributed by atoms with Crippen molar-refractivity contribution in [2.75, 3.05) is 16.6 Å². The Labute approximate surface area is 168 Å². The topological polar surface area (TPSA) is 84.5 Å². The van der Waals surface area contributed by atoms with Gasteiger partial charge in [-0.1, -0.05) is 24.3 Å². The summed E-state index contributed by atoms with van der Waals surface area (Å²) in [5.41, 5.74) is 1.34. The van der Waals surface area contributed by atoms with E-state index in [1.54, 1.807) is 43.3 Å². The summed E-state index contributed by atoms with van der Waals surface area (Å²) in [6.07, 6.45) is 0. The van der Waals surface area contributed by atoms with Crippen LogP contribution < -0.4 is 14.8 Å². The zero-order valence-corrected chi connectivity index (χ0v) is 16.4. The largest absolute Gasteiger partial charge is 0.483 e. The number of anilines is 2. The van der Waals surface area contributed by atoms with Gasteiger partial charge in [0.15, 0.2) is 6.61 Å². The Kier molecular flexibility index (Phi) is 6.13. The molecular formula is C21H19FN2O4S. The Morgan fingerprint density at radius 3 is 2.38 bits per heavy atom. The number of rotatable bonds is 7. The number of nitrogens with one attached hydrogen (secondary N) is 2. The second-order valence-electron chi connectivity index (χ2n) is 6.25. The fourth-order valence-corrected chi connectivity index (χ4v) is 3.72. The summed E-state index contributed by atoms with van der Waals surface area (Å²) in [7, 11) is -3.75. The number of para-hydroxylation sites is 1. The van der Waals surface area contributed by atoms with Crippen molar-refractivity contribution in [1.29, 1.82) is 0 Å². The van der Waals surface area contributed by atoms with Crippen LogP contribution in [0.1, 0.15) is 5.56 Å². The molecule has 0 bridgehead atoms. The normalized spacial score (nSPS) is 11.0. The molecule has 0 atom stereocenters. The summed E-state index contributed by atoms with van der Waals surface area (Å²) in [4.78, 5) is 12.1. The van der Waals surface area contributed by atoms with Gasteiger partial charge in [0, 0.05) is 11.4 Å². The van der Waals surface area contributed by atoms with Gasteiger partial charge < -0.3 is 10.1 Å². The maximum atomic E-state index is 13.2. The van der Waals surface area contributed by atoms with Gasteiger partial charge in [-0.25, -0.2) is 12.8 Å². The van der Waals surface area contributed by atoms with Crippen molar-refractivity contribution in [2.24, 2.45) is 0 Å². The number of benzene rings is 3. The summed E-state index contributed by atoms with van der Waals surface area (Å²) in [5, 5.41) is 2.53. The molecule has 3 rings (SSSR count). The smallest absolute Gasteiger partial charge is 0.262 e. The maximum absolute atomic E-state index is 13.2. The number of sulfonamides is 1. The standard InChI is InChI=1S/C21H19FN2O4S/c1-15-12-19(29(26,27)24-17-7-3-2-4-8-17)10-11-20(15)28-14-21(25)23-18-9-5-6-16(22)13-18/h2-13,24H,14H2,1H3,(H,23,25). The molecule has 0 aliphatic rings. The van der Waals surface area contributed by atoms with Crippen LogP contribution in [0.25, 0.3) is 0 Å². The molecule has 0 aromatic heterocycles. The Hall–Kier alpha value is -3.39. The van der Waals surface area contributed by atoms with Gasteiger partial charge in [-0.3, -0.25) is 9.52 Å². The predicted octanol–water partition coefficient (Wildman–Crippen LogP) is 3.95. The number of aryl methyl sites for hydroxylation is 1. The number of carbonyl (C=O) groups is 1. The Bertz CT molecular complexity index is 1120. The number of hydrogen-bond donors (Lipinski definition) is 2. The molecule has 8 heteroatoms. The van der Waals surface area contributed by atoms with Crippen LogP contribution in [-0.2, 0) is 14.8 Å². The van der Waals surface area contributed by atoms with Crippen LogP contribution in [0.4, 0.5) is 15.8 Å². The molecule has 0 fully saturated rings. The highest BCUT2D eigenvalue weighted by Gasteiger charge is 2.16. The maximum Gasteiger partial charge on any atom is 0.262 e. The zero-order valence-electron chi connectivity index (χ0n) is 15.6. The molecule has 2 N–H and O–H groups in total. The highest BCUT2D eigenvalue weighted by molar-refractivity contribution is 7.92. The Balaban J connectivity index is 1.64. The van der Waals surface area contributed by atoms with E-state index in [4.69, 9.17) is 4.74 Å². The van der Waals surface area contributed by atoms with Crippen LogP contribution in [0.15, 0.2) is 77.7 Å². The van der Waals surface area contributed by atoms with Crippen LogP contribution in [-0.4, -0.2) is 20.9 Å². The molecule has 1 amide bonds. The first-order chi connectivity index (χ1) is 13.8. The van der Waals surface area contributed by atoms with Gasteiger partial charge in [0.1, 0.15) is 11.6 Å². The minimum Gasteiger partial charge on any atom is -0.483 e. The number of amides is 1. The lowest BCUT2D eigenvalue weighted by molar-refractivity contribution is -0.118. The van der Waals surface area contributed by atoms with Crippen molar-refractivity contribution in [2.45, 2.75) is 11.8 Å². The first kappa shape index (κ1) is 20.3. The average Bonchev–Trinajstić information content (AvgIpc) is 2.67. The van der Waals surface area contributed by atoms with Crippen LogP contribution in [0, 0.1) is 12.7 Å². The highest BCUT2D eigenvalue weighted by atomic mass is 32.2. The highest BCUT2D eigenvalue weighted by Crippen LogP contribution is 2.23. The first-order valence-corrected chi connectivity index (χ1v) is 10.2. The minimum atomic E-state index is -3.75. The van der Waals surface area contributed by atoms with E-state index in [-0.39, 0.29) is 11.5 Å². The van der Waals surface area contributed by atoms with Gasteiger partial charge in [-0.2, -0.15) is 0 Å². The molecule has 0 aliphatic heterocycles. The average molecular weight is 414 g/mol. The molecule has 0 spiro atoms. The summed E-state index contributed by atoms with van der Waals surface area (Å²) in [6, 6.07) is 18.4. The second kappa shape index (κ2) is 8.74. The third-order valence-electron chi connectivity index (χ3n) is 3.95. The molecule has 0 heterocycles. The van der Waals surface area contributed by atoms with Gasteiger partial charge in [-0.05, 0) is 61.0 Å². The van der Waals surface area contributed by atoms with Crippen molar-refractivity contribution in [3.63, 3.8) is 0 Å². The summed E-state index contributed by atoms with van der Waals surface area (Å²) in [5.74, 6) is -0.545. The van der Waals surface area contributed by atoms with E-state index in [9.17, 15) is 17.6 Å². The molecule has 3 aromatic carbocycles. The summed E-state index contributed by atoms with van der Waals surface area (Å²) in [6.45, 7) is 1.38. The summed E-state index contributed by atoms with van der Waals surface area (Å²) >= 11 is 0. The molecule has 0 aliphatic carbocycles. The van der Waals surface area contributed by atoms with Gasteiger partial charge in [0.25, 0.3) is 15.9 Å². The molecule has 150 valence electrons. The lowest BCUT2D eigenvalue weighted by Gasteiger charge is -2.12. The van der Waals surface area contributed by atoms with E-state index >= 15 is 0 Å². The van der Waals surface area contributed by atoms with E-state index in [1.165, 1.54) is 36.4 Å².